The number of aryl methyl sites for hydroxylation is 1. The first-order valence-electron chi connectivity index (χ1n) is 9.08. The van der Waals surface area contributed by atoms with Crippen molar-refractivity contribution in [1.82, 2.24) is 5.32 Å². The van der Waals surface area contributed by atoms with E-state index in [1.165, 1.54) is 56.1 Å². The van der Waals surface area contributed by atoms with Crippen LogP contribution in [0.2, 0.25) is 0 Å². The summed E-state index contributed by atoms with van der Waals surface area (Å²) in [5.41, 5.74) is 2.96. The molecule has 0 bridgehead atoms. The van der Waals surface area contributed by atoms with Crippen molar-refractivity contribution in [2.75, 3.05) is 6.54 Å². The lowest BCUT2D eigenvalue weighted by molar-refractivity contribution is 0.328. The second kappa shape index (κ2) is 10.8. The van der Waals surface area contributed by atoms with Crippen LogP contribution in [0, 0.1) is 5.92 Å². The summed E-state index contributed by atoms with van der Waals surface area (Å²) in [6.45, 7) is 10.1. The fraction of sp³-hybridized carbons (Fsp3) is 0.700. The first-order valence-corrected chi connectivity index (χ1v) is 9.08. The highest BCUT2D eigenvalue weighted by Gasteiger charge is 2.20. The highest BCUT2D eigenvalue weighted by Crippen LogP contribution is 2.29. The molecule has 0 aliphatic rings. The molecule has 1 nitrogen and oxygen atoms in total. The van der Waals surface area contributed by atoms with Gasteiger partial charge in [0.05, 0.1) is 0 Å². The molecule has 0 heterocycles. The predicted octanol–water partition coefficient (Wildman–Crippen LogP) is 5.90. The van der Waals surface area contributed by atoms with E-state index in [2.05, 4.69) is 57.3 Å². The molecule has 120 valence electrons. The molecule has 0 fully saturated rings. The molecule has 1 rings (SSSR count). The largest absolute Gasteiger partial charge is 0.310 e. The van der Waals surface area contributed by atoms with Gasteiger partial charge >= 0.3 is 0 Å². The lowest BCUT2D eigenvalue weighted by atomic mass is 9.86. The zero-order valence-corrected chi connectivity index (χ0v) is 14.6. The Morgan fingerprint density at radius 1 is 0.905 bits per heavy atom. The maximum absolute atomic E-state index is 3.72. The average molecular weight is 290 g/mol. The van der Waals surface area contributed by atoms with Gasteiger partial charge in [0.25, 0.3) is 0 Å². The van der Waals surface area contributed by atoms with Crippen molar-refractivity contribution in [3.63, 3.8) is 0 Å². The van der Waals surface area contributed by atoms with E-state index < -0.39 is 0 Å². The van der Waals surface area contributed by atoms with Gasteiger partial charge in [-0.15, -0.1) is 0 Å². The maximum atomic E-state index is 3.72. The molecule has 1 N–H and O–H groups in total. The Labute approximate surface area is 132 Å². The number of hydrogen-bond donors (Lipinski definition) is 1. The molecule has 0 aliphatic heterocycles. The van der Waals surface area contributed by atoms with Crippen LogP contribution in [0.25, 0.3) is 0 Å². The Hall–Kier alpha value is -0.820. The van der Waals surface area contributed by atoms with Gasteiger partial charge in [-0.25, -0.2) is 0 Å². The summed E-state index contributed by atoms with van der Waals surface area (Å²) in [5.74, 6) is 0.756. The van der Waals surface area contributed by atoms with Crippen LogP contribution >= 0.6 is 0 Å². The molecule has 0 aromatic heterocycles. The first kappa shape index (κ1) is 18.2. The third-order valence-electron chi connectivity index (χ3n) is 4.51. The molecule has 0 radical (unpaired) electrons. The molecule has 0 saturated heterocycles. The van der Waals surface area contributed by atoms with Gasteiger partial charge < -0.3 is 5.32 Å². The van der Waals surface area contributed by atoms with E-state index in [-0.39, 0.29) is 0 Å². The zero-order valence-electron chi connectivity index (χ0n) is 14.6. The van der Waals surface area contributed by atoms with Crippen molar-refractivity contribution in [2.24, 2.45) is 5.92 Å². The molecule has 0 amide bonds. The molecule has 0 saturated carbocycles. The highest BCUT2D eigenvalue weighted by atomic mass is 14.9. The van der Waals surface area contributed by atoms with E-state index in [1.54, 1.807) is 0 Å². The van der Waals surface area contributed by atoms with Gasteiger partial charge in [-0.05, 0) is 42.9 Å². The van der Waals surface area contributed by atoms with Crippen LogP contribution in [0.3, 0.4) is 0 Å². The summed E-state index contributed by atoms with van der Waals surface area (Å²) in [5, 5.41) is 3.72. The summed E-state index contributed by atoms with van der Waals surface area (Å²) in [7, 11) is 0. The molecule has 2 unspecified atom stereocenters. The van der Waals surface area contributed by atoms with Crippen molar-refractivity contribution in [3.8, 4) is 0 Å². The average Bonchev–Trinajstić information content (AvgIpc) is 2.53. The van der Waals surface area contributed by atoms with E-state index in [4.69, 9.17) is 0 Å². The first-order chi connectivity index (χ1) is 10.3. The van der Waals surface area contributed by atoms with Crippen LogP contribution in [-0.2, 0) is 6.42 Å². The van der Waals surface area contributed by atoms with Crippen molar-refractivity contribution >= 4 is 0 Å². The van der Waals surface area contributed by atoms with E-state index in [0.717, 1.165) is 12.5 Å². The van der Waals surface area contributed by atoms with Crippen LogP contribution in [0.15, 0.2) is 24.3 Å². The molecule has 1 heteroatoms. The number of hydrogen-bond acceptors (Lipinski definition) is 1. The maximum Gasteiger partial charge on any atom is 0.0348 e. The quantitative estimate of drug-likeness (QED) is 0.535. The summed E-state index contributed by atoms with van der Waals surface area (Å²) in [6, 6.07) is 9.90. The Balaban J connectivity index is 2.78. The lowest BCUT2D eigenvalue weighted by Gasteiger charge is -2.28. The Morgan fingerprint density at radius 2 is 1.57 bits per heavy atom. The van der Waals surface area contributed by atoms with Crippen molar-refractivity contribution in [2.45, 2.75) is 78.7 Å². The Bertz CT molecular complexity index is 355. The second-order valence-corrected chi connectivity index (χ2v) is 6.19. The Kier molecular flexibility index (Phi) is 9.41. The standard InChI is InChI=1S/C20H35N/c1-5-9-11-17-13-15-19(16-14-17)20(21-8-4)18(7-3)12-10-6-2/h13-16,18,20-21H,5-12H2,1-4H3. The molecule has 0 aliphatic carbocycles. The van der Waals surface area contributed by atoms with Gasteiger partial charge in [0, 0.05) is 6.04 Å². The smallest absolute Gasteiger partial charge is 0.0348 e. The van der Waals surface area contributed by atoms with Gasteiger partial charge in [-0.2, -0.15) is 0 Å². The van der Waals surface area contributed by atoms with Crippen molar-refractivity contribution in [1.29, 1.82) is 0 Å². The van der Waals surface area contributed by atoms with Gasteiger partial charge in [-0.1, -0.05) is 77.6 Å². The van der Waals surface area contributed by atoms with E-state index >= 15 is 0 Å². The third kappa shape index (κ3) is 6.22. The van der Waals surface area contributed by atoms with Crippen LogP contribution in [0.5, 0.6) is 0 Å². The van der Waals surface area contributed by atoms with Crippen LogP contribution in [-0.4, -0.2) is 6.54 Å². The molecule has 2 atom stereocenters. The minimum atomic E-state index is 0.520. The minimum absolute atomic E-state index is 0.520. The van der Waals surface area contributed by atoms with E-state index in [9.17, 15) is 0 Å². The molecular formula is C20H35N. The van der Waals surface area contributed by atoms with Gasteiger partial charge in [-0.3, -0.25) is 0 Å². The number of nitrogens with one attached hydrogen (secondary N) is 1. The van der Waals surface area contributed by atoms with Gasteiger partial charge in [0.1, 0.15) is 0 Å². The van der Waals surface area contributed by atoms with Crippen LogP contribution in [0.4, 0.5) is 0 Å². The molecule has 21 heavy (non-hydrogen) atoms. The zero-order chi connectivity index (χ0) is 15.5. The fourth-order valence-electron chi connectivity index (χ4n) is 3.12. The number of benzene rings is 1. The van der Waals surface area contributed by atoms with Crippen molar-refractivity contribution < 1.29 is 0 Å². The predicted molar refractivity (Wildman–Crippen MR) is 94.8 cm³/mol. The second-order valence-electron chi connectivity index (χ2n) is 6.19. The van der Waals surface area contributed by atoms with E-state index in [0.29, 0.717) is 6.04 Å². The van der Waals surface area contributed by atoms with Crippen LogP contribution < -0.4 is 5.32 Å². The van der Waals surface area contributed by atoms with Gasteiger partial charge in [0.15, 0.2) is 0 Å². The fourth-order valence-corrected chi connectivity index (χ4v) is 3.12. The normalized spacial score (nSPS) is 14.1. The van der Waals surface area contributed by atoms with E-state index in [1.807, 2.05) is 0 Å². The monoisotopic (exact) mass is 289 g/mol. The van der Waals surface area contributed by atoms with Gasteiger partial charge in [0.2, 0.25) is 0 Å². The summed E-state index contributed by atoms with van der Waals surface area (Å²) in [6.07, 6.45) is 9.02. The lowest BCUT2D eigenvalue weighted by Crippen LogP contribution is -2.28. The molecule has 1 aromatic carbocycles. The third-order valence-corrected chi connectivity index (χ3v) is 4.51. The topological polar surface area (TPSA) is 12.0 Å². The number of rotatable bonds is 11. The molecular weight excluding hydrogens is 254 g/mol. The SMILES string of the molecule is CCCCc1ccc(C(NCC)C(CC)CCCC)cc1. The van der Waals surface area contributed by atoms with Crippen molar-refractivity contribution in [3.05, 3.63) is 35.4 Å². The molecule has 1 aromatic rings. The van der Waals surface area contributed by atoms with Crippen LogP contribution in [0.1, 0.15) is 83.4 Å². The summed E-state index contributed by atoms with van der Waals surface area (Å²) in [4.78, 5) is 0. The minimum Gasteiger partial charge on any atom is -0.310 e. The molecule has 0 spiro atoms. The summed E-state index contributed by atoms with van der Waals surface area (Å²) >= 11 is 0. The highest BCUT2D eigenvalue weighted by molar-refractivity contribution is 5.25. The Morgan fingerprint density at radius 3 is 2.10 bits per heavy atom. The number of unbranched alkanes of at least 4 members (excludes halogenated alkanes) is 2. The summed E-state index contributed by atoms with van der Waals surface area (Å²) < 4.78 is 0.